The van der Waals surface area contributed by atoms with Gasteiger partial charge in [0.05, 0.1) is 2.74 Å². The smallest absolute Gasteiger partial charge is 0.249 e. The van der Waals surface area contributed by atoms with Crippen LogP contribution in [-0.4, -0.2) is 47.2 Å². The Hall–Kier alpha value is -2.21. The number of ketones is 1. The molecule has 0 spiro atoms. The zero-order chi connectivity index (χ0) is 27.4. The number of fused-ring (bicyclic) bond motifs is 1. The summed E-state index contributed by atoms with van der Waals surface area (Å²) in [7, 11) is 1.12. The maximum Gasteiger partial charge on any atom is 0.249 e. The van der Waals surface area contributed by atoms with Crippen LogP contribution in [0.2, 0.25) is 0 Å². The lowest BCUT2D eigenvalue weighted by Gasteiger charge is -2.24. The first-order chi connectivity index (χ1) is 15.5. The fourth-order valence-corrected chi connectivity index (χ4v) is 2.43. The molecule has 0 aromatic heterocycles. The Kier molecular flexibility index (Phi) is 3.52. The third-order valence-corrected chi connectivity index (χ3v) is 3.98. The van der Waals surface area contributed by atoms with Crippen LogP contribution >= 0.6 is 0 Å². The maximum atomic E-state index is 13.1. The molecule has 0 fully saturated rings. The van der Waals surface area contributed by atoms with Gasteiger partial charge in [0, 0.05) is 35.5 Å². The van der Waals surface area contributed by atoms with Crippen molar-refractivity contribution >= 4 is 17.6 Å². The Bertz CT molecular complexity index is 1040. The number of nitrogens with one attached hydrogen (secondary N) is 1. The molecule has 2 N–H and O–H groups in total. The monoisotopic (exact) mass is 369 g/mol. The summed E-state index contributed by atoms with van der Waals surface area (Å²) in [5.41, 5.74) is 0.225. The van der Waals surface area contributed by atoms with Gasteiger partial charge in [-0.1, -0.05) is 45.0 Å². The second-order valence-corrected chi connectivity index (χ2v) is 6.04. The van der Waals surface area contributed by atoms with Crippen LogP contribution in [0.15, 0.2) is 24.3 Å². The van der Waals surface area contributed by atoms with Crippen molar-refractivity contribution in [2.75, 3.05) is 13.5 Å². The molecule has 1 aromatic carbocycles. The van der Waals surface area contributed by atoms with Gasteiger partial charge in [0.1, 0.15) is 12.1 Å². The second kappa shape index (κ2) is 8.45. The zero-order valence-electron chi connectivity index (χ0n) is 23.8. The molecule has 1 unspecified atom stereocenters. The minimum absolute atomic E-state index is 0.0353. The van der Waals surface area contributed by atoms with Gasteiger partial charge in [-0.2, -0.15) is 0 Å². The Morgan fingerprint density at radius 1 is 1.50 bits per heavy atom. The third kappa shape index (κ3) is 4.49. The summed E-state index contributed by atoms with van der Waals surface area (Å²) in [4.78, 5) is 39.5. The molecule has 6 nitrogen and oxygen atoms in total. The van der Waals surface area contributed by atoms with Crippen LogP contribution in [0.4, 0.5) is 0 Å². The fraction of sp³-hybridized carbons (Fsp3) is 0.550. The number of nitrogens with zero attached hydrogens (tertiary/aromatic N) is 1. The average Bonchev–Trinajstić information content (AvgIpc) is 2.75. The summed E-state index contributed by atoms with van der Waals surface area (Å²) >= 11 is 0. The molecule has 26 heavy (non-hydrogen) atoms. The van der Waals surface area contributed by atoms with E-state index in [2.05, 4.69) is 5.32 Å². The van der Waals surface area contributed by atoms with Crippen molar-refractivity contribution in [1.82, 2.24) is 10.2 Å². The van der Waals surface area contributed by atoms with Crippen LogP contribution in [0.5, 0.6) is 0 Å². The first kappa shape index (κ1) is 10.8. The number of hydrogen-bond donors (Lipinski definition) is 2. The molecule has 1 aliphatic heterocycles. The highest BCUT2D eigenvalue weighted by Gasteiger charge is 2.32. The first-order valence-corrected chi connectivity index (χ1v) is 7.97. The maximum absolute atomic E-state index is 13.1. The van der Waals surface area contributed by atoms with Gasteiger partial charge < -0.3 is 15.3 Å². The average molecular weight is 370 g/mol. The number of Topliss-reactive ketones (excluding diaryl/α,β-unsaturated/α-hetero) is 1. The van der Waals surface area contributed by atoms with Gasteiger partial charge in [-0.3, -0.25) is 14.4 Å². The predicted octanol–water partition coefficient (Wildman–Crippen LogP) is 1.47. The Labute approximate surface area is 167 Å². The molecule has 0 bridgehead atoms. The number of amides is 2. The van der Waals surface area contributed by atoms with Crippen molar-refractivity contribution in [3.05, 3.63) is 35.4 Å². The summed E-state index contributed by atoms with van der Waals surface area (Å²) in [5.74, 6) is -9.54. The highest BCUT2D eigenvalue weighted by atomic mass is 16.3. The van der Waals surface area contributed by atoms with E-state index in [9.17, 15) is 19.5 Å². The van der Waals surface area contributed by atoms with Crippen LogP contribution in [0, 0.1) is 11.8 Å². The third-order valence-electron chi connectivity index (χ3n) is 3.98. The second-order valence-electron chi connectivity index (χ2n) is 6.04. The van der Waals surface area contributed by atoms with Crippen molar-refractivity contribution in [3.63, 3.8) is 0 Å². The van der Waals surface area contributed by atoms with E-state index in [0.29, 0.717) is 11.8 Å². The minimum Gasteiger partial charge on any atom is -0.385 e. The lowest BCUT2D eigenvalue weighted by atomic mass is 9.94. The molecule has 1 aliphatic rings. The SMILES string of the molecule is [2H]C1([2H])Cc2ccccc2[C@]([2H])(NC(=O)[C@]([2H])(C)CC(=O)[C@@]([2H])(O)C([2H])(C)C([2H])([2H])[2H])C(=O)N1C. The summed E-state index contributed by atoms with van der Waals surface area (Å²) < 4.78 is 71.2. The number of likely N-dealkylation sites (N-methyl/N-ethyl adjacent to an activating group) is 1. The molecule has 1 aromatic rings. The van der Waals surface area contributed by atoms with Gasteiger partial charge in [0.25, 0.3) is 0 Å². The number of rotatable bonds is 6. The van der Waals surface area contributed by atoms with Gasteiger partial charge in [-0.05, 0) is 23.4 Å². The first-order valence-electron chi connectivity index (χ1n) is 12.5. The largest absolute Gasteiger partial charge is 0.385 e. The normalized spacial score (nSPS) is 34.5. The van der Waals surface area contributed by atoms with E-state index in [-0.39, 0.29) is 17.5 Å². The highest BCUT2D eigenvalue weighted by Crippen LogP contribution is 2.25. The number of aliphatic hydroxyl groups is 1. The quantitative estimate of drug-likeness (QED) is 0.795. The molecule has 0 radical (unpaired) electrons. The van der Waals surface area contributed by atoms with Crippen molar-refractivity contribution in [2.45, 2.75) is 45.6 Å². The van der Waals surface area contributed by atoms with Crippen molar-refractivity contribution in [3.8, 4) is 0 Å². The van der Waals surface area contributed by atoms with E-state index in [1.807, 2.05) is 0 Å². The number of aryl methyl sites for hydroxylation is 1. The molecular formula is C20H28N2O4. The van der Waals surface area contributed by atoms with E-state index >= 15 is 0 Å². The summed E-state index contributed by atoms with van der Waals surface area (Å²) in [5, 5.41) is 12.4. The molecular weight excluding hydrogens is 332 g/mol. The molecule has 0 saturated heterocycles. The predicted molar refractivity (Wildman–Crippen MR) is 98.3 cm³/mol. The van der Waals surface area contributed by atoms with Crippen molar-refractivity contribution < 1.29 is 31.8 Å². The molecule has 2 rings (SSSR count). The van der Waals surface area contributed by atoms with E-state index in [1.54, 1.807) is 6.07 Å². The van der Waals surface area contributed by atoms with Gasteiger partial charge in [-0.25, -0.2) is 0 Å². The lowest BCUT2D eigenvalue weighted by molar-refractivity contribution is -0.137. The van der Waals surface area contributed by atoms with Crippen LogP contribution in [0.3, 0.4) is 0 Å². The molecule has 0 aliphatic carbocycles. The van der Waals surface area contributed by atoms with Gasteiger partial charge in [0.15, 0.2) is 5.78 Å². The molecule has 2 amide bonds. The zero-order valence-corrected chi connectivity index (χ0v) is 14.8. The fourth-order valence-electron chi connectivity index (χ4n) is 2.43. The number of benzene rings is 1. The Morgan fingerprint density at radius 2 is 2.19 bits per heavy atom. The Morgan fingerprint density at radius 3 is 2.88 bits per heavy atom. The molecule has 6 heteroatoms. The molecule has 142 valence electrons. The van der Waals surface area contributed by atoms with E-state index in [0.717, 1.165) is 14.0 Å². The number of carbonyl (C=O) groups is 3. The number of hydrogen-bond acceptors (Lipinski definition) is 4. The topological polar surface area (TPSA) is 86.7 Å². The van der Waals surface area contributed by atoms with Crippen LogP contribution in [0.25, 0.3) is 0 Å². The van der Waals surface area contributed by atoms with E-state index in [1.165, 1.54) is 18.2 Å². The molecule has 0 saturated carbocycles. The standard InChI is InChI=1S/C20H28N2O4/c1-12(2)18(24)16(23)11-13(3)19(25)21-17-15-8-6-5-7-14(15)9-10-22(4)20(17)26/h5-8,12-13,17-18,24H,9-11H2,1-4H3,(H,21,25)/t13-,17+,18+/m1/s1/i1D3,10D2,12D,13D,17D,18D/t12?,13-,17+,18+. The minimum atomic E-state index is -3.50. The summed E-state index contributed by atoms with van der Waals surface area (Å²) in [6.07, 6.45) is -4.98. The lowest BCUT2D eigenvalue weighted by Crippen LogP contribution is -2.43. The van der Waals surface area contributed by atoms with E-state index < -0.39 is 61.3 Å². The van der Waals surface area contributed by atoms with Gasteiger partial charge >= 0.3 is 0 Å². The van der Waals surface area contributed by atoms with Crippen molar-refractivity contribution in [2.24, 2.45) is 11.8 Å². The van der Waals surface area contributed by atoms with E-state index in [4.69, 9.17) is 12.3 Å². The van der Waals surface area contributed by atoms with Gasteiger partial charge in [-0.15, -0.1) is 0 Å². The van der Waals surface area contributed by atoms with Crippen LogP contribution in [-0.2, 0) is 20.8 Å². The summed E-state index contributed by atoms with van der Waals surface area (Å²) in [6.45, 7) is -3.87. The number of carbonyl (C=O) groups excluding carboxylic acids is 3. The Balaban J connectivity index is 2.42. The molecule has 4 atom stereocenters. The molecule has 1 heterocycles. The van der Waals surface area contributed by atoms with Crippen molar-refractivity contribution in [1.29, 1.82) is 0 Å². The van der Waals surface area contributed by atoms with Crippen LogP contribution in [0.1, 0.15) is 56.6 Å². The van der Waals surface area contributed by atoms with Gasteiger partial charge in [0.2, 0.25) is 11.8 Å². The highest BCUT2D eigenvalue weighted by molar-refractivity contribution is 5.92. The summed E-state index contributed by atoms with van der Waals surface area (Å²) in [6, 6.07) is 3.32. The van der Waals surface area contributed by atoms with Crippen LogP contribution < -0.4 is 5.32 Å².